The summed E-state index contributed by atoms with van der Waals surface area (Å²) in [5.74, 6) is 0.432. The Hall–Kier alpha value is -0.220. The van der Waals surface area contributed by atoms with E-state index in [0.717, 1.165) is 0 Å². The minimum atomic E-state index is -0.263. The summed E-state index contributed by atoms with van der Waals surface area (Å²) in [4.78, 5) is 0.458. The van der Waals surface area contributed by atoms with Gasteiger partial charge in [0.05, 0.1) is 21.6 Å². The molecule has 0 atom stereocenters. The zero-order valence-electron chi connectivity index (χ0n) is 10.1. The first kappa shape index (κ1) is 15.8. The fraction of sp³-hybridized carbons (Fsp3) is 0.417. The molecule has 0 amide bonds. The molecule has 0 saturated heterocycles. The van der Waals surface area contributed by atoms with Gasteiger partial charge in [0.25, 0.3) is 0 Å². The predicted octanol–water partition coefficient (Wildman–Crippen LogP) is 4.73. The van der Waals surface area contributed by atoms with E-state index < -0.39 is 0 Å². The van der Waals surface area contributed by atoms with Crippen molar-refractivity contribution >= 4 is 52.0 Å². The van der Waals surface area contributed by atoms with Gasteiger partial charge < -0.3 is 10.5 Å². The second-order valence-electron chi connectivity index (χ2n) is 4.55. The average molecular weight is 327 g/mol. The molecule has 2 N–H and O–H groups in total. The molecule has 100 valence electrons. The maximum absolute atomic E-state index is 6.00. The minimum absolute atomic E-state index is 0.263. The smallest absolute Gasteiger partial charge is 0.156 e. The Kier molecular flexibility index (Phi) is 5.53. The topological polar surface area (TPSA) is 35.2 Å². The van der Waals surface area contributed by atoms with E-state index in [4.69, 9.17) is 57.5 Å². The summed E-state index contributed by atoms with van der Waals surface area (Å²) in [6.45, 7) is 4.35. The van der Waals surface area contributed by atoms with Crippen LogP contribution >= 0.6 is 47.0 Å². The van der Waals surface area contributed by atoms with Crippen molar-refractivity contribution in [2.45, 2.75) is 20.3 Å². The molecule has 0 aliphatic rings. The molecule has 0 saturated carbocycles. The molecule has 18 heavy (non-hydrogen) atoms. The van der Waals surface area contributed by atoms with Crippen LogP contribution in [0, 0.1) is 5.41 Å². The third-order valence-corrected chi connectivity index (χ3v) is 3.94. The van der Waals surface area contributed by atoms with Crippen LogP contribution in [0.25, 0.3) is 0 Å². The van der Waals surface area contributed by atoms with Crippen LogP contribution in [-0.2, 0) is 0 Å². The summed E-state index contributed by atoms with van der Waals surface area (Å²) in [7, 11) is 0. The highest BCUT2D eigenvalue weighted by Gasteiger charge is 2.21. The van der Waals surface area contributed by atoms with Gasteiger partial charge in [0.15, 0.2) is 5.75 Å². The highest BCUT2D eigenvalue weighted by Crippen LogP contribution is 2.36. The van der Waals surface area contributed by atoms with Crippen molar-refractivity contribution in [2.75, 3.05) is 6.61 Å². The van der Waals surface area contributed by atoms with Gasteiger partial charge in [-0.1, -0.05) is 60.9 Å². The highest BCUT2D eigenvalue weighted by atomic mass is 35.5. The van der Waals surface area contributed by atoms with Crippen molar-refractivity contribution < 1.29 is 4.74 Å². The van der Waals surface area contributed by atoms with Gasteiger partial charge in [-0.25, -0.2) is 0 Å². The van der Waals surface area contributed by atoms with Crippen molar-refractivity contribution in [3.63, 3.8) is 0 Å². The molecule has 0 aliphatic carbocycles. The largest absolute Gasteiger partial charge is 0.490 e. The molecule has 0 heterocycles. The average Bonchev–Trinajstić information content (AvgIpc) is 2.21. The van der Waals surface area contributed by atoms with Crippen molar-refractivity contribution in [3.05, 3.63) is 27.2 Å². The van der Waals surface area contributed by atoms with Crippen LogP contribution in [0.2, 0.25) is 15.1 Å². The first-order valence-electron chi connectivity index (χ1n) is 5.31. The van der Waals surface area contributed by atoms with E-state index in [0.29, 0.717) is 38.8 Å². The number of halogens is 3. The van der Waals surface area contributed by atoms with E-state index in [-0.39, 0.29) is 5.41 Å². The Balaban J connectivity index is 2.68. The van der Waals surface area contributed by atoms with Gasteiger partial charge in [-0.15, -0.1) is 0 Å². The van der Waals surface area contributed by atoms with Gasteiger partial charge in [-0.05, 0) is 18.6 Å². The highest BCUT2D eigenvalue weighted by molar-refractivity contribution is 7.80. The lowest BCUT2D eigenvalue weighted by Gasteiger charge is -2.23. The van der Waals surface area contributed by atoms with E-state index in [1.54, 1.807) is 12.1 Å². The van der Waals surface area contributed by atoms with Crippen LogP contribution in [0.3, 0.4) is 0 Å². The molecular formula is C12H14Cl3NOS. The molecule has 1 aromatic rings. The molecule has 2 nitrogen and oxygen atoms in total. The third-order valence-electron chi connectivity index (χ3n) is 2.60. The first-order valence-corrected chi connectivity index (χ1v) is 6.85. The van der Waals surface area contributed by atoms with Crippen LogP contribution in [0.5, 0.6) is 5.75 Å². The number of benzene rings is 1. The molecule has 0 fully saturated rings. The van der Waals surface area contributed by atoms with Gasteiger partial charge in [0.1, 0.15) is 0 Å². The Morgan fingerprint density at radius 3 is 2.22 bits per heavy atom. The van der Waals surface area contributed by atoms with Crippen molar-refractivity contribution in [3.8, 4) is 5.75 Å². The minimum Gasteiger partial charge on any atom is -0.490 e. The Labute approximate surface area is 127 Å². The summed E-state index contributed by atoms with van der Waals surface area (Å²) in [5.41, 5.74) is 5.37. The maximum atomic E-state index is 6.00. The van der Waals surface area contributed by atoms with Crippen LogP contribution in [-0.4, -0.2) is 11.6 Å². The van der Waals surface area contributed by atoms with Crippen LogP contribution < -0.4 is 10.5 Å². The van der Waals surface area contributed by atoms with Gasteiger partial charge in [-0.2, -0.15) is 0 Å². The van der Waals surface area contributed by atoms with E-state index >= 15 is 0 Å². The summed E-state index contributed by atoms with van der Waals surface area (Å²) in [6.07, 6.45) is 0.678. The molecule has 0 radical (unpaired) electrons. The maximum Gasteiger partial charge on any atom is 0.156 e. The zero-order chi connectivity index (χ0) is 13.9. The van der Waals surface area contributed by atoms with E-state index in [1.807, 2.05) is 13.8 Å². The van der Waals surface area contributed by atoms with Crippen molar-refractivity contribution in [1.82, 2.24) is 0 Å². The van der Waals surface area contributed by atoms with Crippen molar-refractivity contribution in [2.24, 2.45) is 11.1 Å². The number of ether oxygens (including phenoxy) is 1. The molecule has 0 bridgehead atoms. The number of nitrogens with two attached hydrogens (primary N) is 1. The Bertz CT molecular complexity index is 440. The Morgan fingerprint density at radius 1 is 1.28 bits per heavy atom. The van der Waals surface area contributed by atoms with E-state index in [1.165, 1.54) is 0 Å². The third kappa shape index (κ3) is 4.16. The SMILES string of the molecule is CC(C)(CCOc1c(Cl)cc(Cl)cc1Cl)C(N)=S. The first-order chi connectivity index (χ1) is 8.24. The van der Waals surface area contributed by atoms with Gasteiger partial charge in [-0.3, -0.25) is 0 Å². The monoisotopic (exact) mass is 325 g/mol. The standard InChI is InChI=1S/C12H14Cl3NOS/c1-12(2,11(16)18)3-4-17-10-8(14)5-7(13)6-9(10)15/h5-6H,3-4H2,1-2H3,(H2,16,18). The van der Waals surface area contributed by atoms with E-state index in [2.05, 4.69) is 0 Å². The second kappa shape index (κ2) is 6.29. The molecule has 1 rings (SSSR count). The van der Waals surface area contributed by atoms with Gasteiger partial charge in [0.2, 0.25) is 0 Å². The van der Waals surface area contributed by atoms with Gasteiger partial charge in [0, 0.05) is 10.4 Å². The Morgan fingerprint density at radius 2 is 1.78 bits per heavy atom. The van der Waals surface area contributed by atoms with Gasteiger partial charge >= 0.3 is 0 Å². The molecular weight excluding hydrogens is 313 g/mol. The lowest BCUT2D eigenvalue weighted by atomic mass is 9.90. The zero-order valence-corrected chi connectivity index (χ0v) is 13.2. The molecule has 0 spiro atoms. The summed E-state index contributed by atoms with van der Waals surface area (Å²) < 4.78 is 5.57. The molecule has 0 unspecified atom stereocenters. The molecule has 6 heteroatoms. The number of rotatable bonds is 5. The predicted molar refractivity (Wildman–Crippen MR) is 82.2 cm³/mol. The fourth-order valence-corrected chi connectivity index (χ4v) is 2.23. The second-order valence-corrected chi connectivity index (χ2v) is 6.24. The van der Waals surface area contributed by atoms with Crippen LogP contribution in [0.1, 0.15) is 20.3 Å². The lowest BCUT2D eigenvalue weighted by molar-refractivity contribution is 0.271. The molecule has 0 aromatic heterocycles. The summed E-state index contributed by atoms with van der Waals surface area (Å²) in [6, 6.07) is 3.17. The lowest BCUT2D eigenvalue weighted by Crippen LogP contribution is -2.31. The molecule has 0 aliphatic heterocycles. The van der Waals surface area contributed by atoms with Crippen LogP contribution in [0.4, 0.5) is 0 Å². The number of hydrogen-bond acceptors (Lipinski definition) is 2. The van der Waals surface area contributed by atoms with Crippen molar-refractivity contribution in [1.29, 1.82) is 0 Å². The summed E-state index contributed by atoms with van der Waals surface area (Å²) in [5, 5.41) is 1.25. The molecule has 1 aromatic carbocycles. The van der Waals surface area contributed by atoms with Crippen LogP contribution in [0.15, 0.2) is 12.1 Å². The number of thiocarbonyl (C=S) groups is 1. The fourth-order valence-electron chi connectivity index (χ4n) is 1.20. The summed E-state index contributed by atoms with van der Waals surface area (Å²) >= 11 is 22.8. The normalized spacial score (nSPS) is 11.4. The quantitative estimate of drug-likeness (QED) is 0.795. The van der Waals surface area contributed by atoms with E-state index in [9.17, 15) is 0 Å². The number of hydrogen-bond donors (Lipinski definition) is 1.